The molecule has 0 saturated carbocycles. The van der Waals surface area contributed by atoms with Gasteiger partial charge in [-0.25, -0.2) is 4.79 Å². The minimum atomic E-state index is -1.19. The van der Waals surface area contributed by atoms with E-state index in [1.54, 1.807) is 16.7 Å². The van der Waals surface area contributed by atoms with Gasteiger partial charge in [0.25, 0.3) is 0 Å². The first-order valence-corrected chi connectivity index (χ1v) is 5.99. The zero-order valence-corrected chi connectivity index (χ0v) is 10.9. The summed E-state index contributed by atoms with van der Waals surface area (Å²) in [6.45, 7) is 4.50. The average molecular weight is 257 g/mol. The van der Waals surface area contributed by atoms with Crippen LogP contribution in [0.15, 0.2) is 46.9 Å². The molecular formula is C15H15NO3. The maximum absolute atomic E-state index is 12.1. The lowest BCUT2D eigenvalue weighted by atomic mass is 10.1. The fourth-order valence-corrected chi connectivity index (χ4v) is 1.93. The van der Waals surface area contributed by atoms with Crippen molar-refractivity contribution in [1.29, 1.82) is 0 Å². The van der Waals surface area contributed by atoms with Crippen molar-refractivity contribution in [2.24, 2.45) is 0 Å². The Bertz CT molecular complexity index is 722. The van der Waals surface area contributed by atoms with Crippen LogP contribution in [-0.4, -0.2) is 15.6 Å². The Morgan fingerprint density at radius 1 is 1.32 bits per heavy atom. The number of aromatic nitrogens is 1. The summed E-state index contributed by atoms with van der Waals surface area (Å²) in [6.07, 6.45) is 3.40. The summed E-state index contributed by atoms with van der Waals surface area (Å²) < 4.78 is 1.78. The normalized spacial score (nSPS) is 10.4. The molecule has 0 fully saturated rings. The zero-order valence-electron chi connectivity index (χ0n) is 10.9. The van der Waals surface area contributed by atoms with E-state index in [2.05, 4.69) is 0 Å². The van der Waals surface area contributed by atoms with Crippen LogP contribution in [0.1, 0.15) is 24.2 Å². The summed E-state index contributed by atoms with van der Waals surface area (Å²) >= 11 is 0. The second-order valence-corrected chi connectivity index (χ2v) is 4.63. The van der Waals surface area contributed by atoms with Gasteiger partial charge in [0.05, 0.1) is 5.52 Å². The van der Waals surface area contributed by atoms with Gasteiger partial charge in [-0.1, -0.05) is 23.8 Å². The van der Waals surface area contributed by atoms with Crippen molar-refractivity contribution in [2.45, 2.75) is 20.4 Å². The zero-order chi connectivity index (χ0) is 14.0. The largest absolute Gasteiger partial charge is 0.477 e. The predicted molar refractivity (Wildman–Crippen MR) is 74.6 cm³/mol. The van der Waals surface area contributed by atoms with Crippen LogP contribution in [0, 0.1) is 0 Å². The first kappa shape index (κ1) is 13.1. The molecule has 1 N–H and O–H groups in total. The molecule has 0 aliphatic heterocycles. The van der Waals surface area contributed by atoms with E-state index in [-0.39, 0.29) is 5.56 Å². The summed E-state index contributed by atoms with van der Waals surface area (Å²) in [5, 5.41) is 9.53. The lowest BCUT2D eigenvalue weighted by Crippen LogP contribution is -2.18. The van der Waals surface area contributed by atoms with Crippen molar-refractivity contribution >= 4 is 16.9 Å². The second kappa shape index (κ2) is 5.10. The highest BCUT2D eigenvalue weighted by atomic mass is 16.4. The molecule has 2 rings (SSSR count). The molecule has 0 radical (unpaired) electrons. The molecule has 0 spiro atoms. The molecule has 0 atom stereocenters. The Balaban J connectivity index is 2.75. The number of aromatic carboxylic acids is 1. The number of hydrogen-bond acceptors (Lipinski definition) is 2. The average Bonchev–Trinajstić information content (AvgIpc) is 2.37. The van der Waals surface area contributed by atoms with Crippen LogP contribution >= 0.6 is 0 Å². The number of carbonyl (C=O) groups is 1. The minimum Gasteiger partial charge on any atom is -0.477 e. The van der Waals surface area contributed by atoms with E-state index in [0.717, 1.165) is 11.1 Å². The van der Waals surface area contributed by atoms with Crippen molar-refractivity contribution in [1.82, 2.24) is 4.57 Å². The quantitative estimate of drug-likeness (QED) is 0.860. The van der Waals surface area contributed by atoms with Gasteiger partial charge in [-0.2, -0.15) is 0 Å². The highest BCUT2D eigenvalue weighted by Crippen LogP contribution is 2.12. The number of benzene rings is 1. The van der Waals surface area contributed by atoms with E-state index in [0.29, 0.717) is 11.9 Å². The monoisotopic (exact) mass is 257 g/mol. The lowest BCUT2D eigenvalue weighted by Gasteiger charge is -2.10. The van der Waals surface area contributed by atoms with Gasteiger partial charge in [0.15, 0.2) is 0 Å². The number of carboxylic acids is 1. The minimum absolute atomic E-state index is 0.194. The van der Waals surface area contributed by atoms with Gasteiger partial charge in [0.1, 0.15) is 5.56 Å². The Kier molecular flexibility index (Phi) is 3.51. The van der Waals surface area contributed by atoms with Gasteiger partial charge >= 0.3 is 5.97 Å². The van der Waals surface area contributed by atoms with Gasteiger partial charge in [0, 0.05) is 18.1 Å². The van der Waals surface area contributed by atoms with E-state index < -0.39 is 11.4 Å². The fourth-order valence-electron chi connectivity index (χ4n) is 1.93. The molecule has 1 aromatic heterocycles. The number of hydrogen-bond donors (Lipinski definition) is 1. The van der Waals surface area contributed by atoms with Crippen molar-refractivity contribution in [2.75, 3.05) is 0 Å². The maximum atomic E-state index is 12.1. The third-order valence-corrected chi connectivity index (χ3v) is 2.91. The Labute approximate surface area is 110 Å². The molecule has 98 valence electrons. The van der Waals surface area contributed by atoms with Crippen molar-refractivity contribution in [3.63, 3.8) is 0 Å². The van der Waals surface area contributed by atoms with Crippen LogP contribution in [-0.2, 0) is 6.54 Å². The number of fused-ring (bicyclic) bond motifs is 1. The SMILES string of the molecule is CC(C)=CCn1cc(C(=O)O)c(=O)c2ccccc21. The molecule has 1 aromatic carbocycles. The van der Waals surface area contributed by atoms with Crippen LogP contribution in [0.25, 0.3) is 10.9 Å². The van der Waals surface area contributed by atoms with Crippen LogP contribution in [0.4, 0.5) is 0 Å². The molecule has 2 aromatic rings. The van der Waals surface area contributed by atoms with E-state index >= 15 is 0 Å². The van der Waals surface area contributed by atoms with Crippen molar-refractivity contribution in [3.8, 4) is 0 Å². The van der Waals surface area contributed by atoms with E-state index in [1.165, 1.54) is 6.20 Å². The summed E-state index contributed by atoms with van der Waals surface area (Å²) in [5.41, 5.74) is 1.26. The van der Waals surface area contributed by atoms with Crippen molar-refractivity contribution in [3.05, 3.63) is 57.9 Å². The van der Waals surface area contributed by atoms with Gasteiger partial charge in [-0.05, 0) is 26.0 Å². The Morgan fingerprint density at radius 3 is 2.63 bits per heavy atom. The summed E-state index contributed by atoms with van der Waals surface area (Å²) in [6, 6.07) is 7.05. The van der Waals surface area contributed by atoms with Gasteiger partial charge in [0.2, 0.25) is 5.43 Å². The molecule has 1 heterocycles. The number of carboxylic acid groups (broad SMARTS) is 1. The molecule has 0 saturated heterocycles. The van der Waals surface area contributed by atoms with Crippen molar-refractivity contribution < 1.29 is 9.90 Å². The Morgan fingerprint density at radius 2 is 2.00 bits per heavy atom. The molecule has 4 heteroatoms. The fraction of sp³-hybridized carbons (Fsp3) is 0.200. The Hall–Kier alpha value is -2.36. The molecule has 0 bridgehead atoms. The third kappa shape index (κ3) is 2.57. The van der Waals surface area contributed by atoms with Crippen LogP contribution < -0.4 is 5.43 Å². The topological polar surface area (TPSA) is 59.3 Å². The van der Waals surface area contributed by atoms with Crippen LogP contribution in [0.3, 0.4) is 0 Å². The number of pyridine rings is 1. The highest BCUT2D eigenvalue weighted by Gasteiger charge is 2.13. The van der Waals surface area contributed by atoms with Gasteiger partial charge in [-0.15, -0.1) is 0 Å². The lowest BCUT2D eigenvalue weighted by molar-refractivity contribution is 0.0695. The molecule has 0 aliphatic carbocycles. The first-order valence-electron chi connectivity index (χ1n) is 5.99. The number of para-hydroxylation sites is 1. The molecule has 0 aliphatic rings. The number of allylic oxidation sites excluding steroid dienone is 2. The van der Waals surface area contributed by atoms with Gasteiger partial charge in [-0.3, -0.25) is 4.79 Å². The van der Waals surface area contributed by atoms with Crippen LogP contribution in [0.5, 0.6) is 0 Å². The summed E-state index contributed by atoms with van der Waals surface area (Å²) in [4.78, 5) is 23.2. The van der Waals surface area contributed by atoms with E-state index in [9.17, 15) is 9.59 Å². The molecule has 0 unspecified atom stereocenters. The summed E-state index contributed by atoms with van der Waals surface area (Å²) in [5.74, 6) is -1.19. The third-order valence-electron chi connectivity index (χ3n) is 2.91. The molecule has 4 nitrogen and oxygen atoms in total. The molecular weight excluding hydrogens is 242 g/mol. The predicted octanol–water partition coefficient (Wildman–Crippen LogP) is 2.67. The maximum Gasteiger partial charge on any atom is 0.341 e. The van der Waals surface area contributed by atoms with E-state index in [1.807, 2.05) is 32.1 Å². The molecule has 0 amide bonds. The second-order valence-electron chi connectivity index (χ2n) is 4.63. The smallest absolute Gasteiger partial charge is 0.341 e. The highest BCUT2D eigenvalue weighted by molar-refractivity contribution is 5.92. The number of rotatable bonds is 3. The first-order chi connectivity index (χ1) is 9.00. The van der Waals surface area contributed by atoms with Gasteiger partial charge < -0.3 is 9.67 Å². The number of nitrogens with zero attached hydrogens (tertiary/aromatic N) is 1. The summed E-state index contributed by atoms with van der Waals surface area (Å²) in [7, 11) is 0. The standard InChI is InChI=1S/C15H15NO3/c1-10(2)7-8-16-9-12(15(18)19)14(17)11-5-3-4-6-13(11)16/h3-7,9H,8H2,1-2H3,(H,18,19). The van der Waals surface area contributed by atoms with E-state index in [4.69, 9.17) is 5.11 Å². The van der Waals surface area contributed by atoms with Crippen LogP contribution in [0.2, 0.25) is 0 Å². The molecule has 19 heavy (non-hydrogen) atoms.